The van der Waals surface area contributed by atoms with Gasteiger partial charge in [0.1, 0.15) is 12.4 Å². The second-order valence-electron chi connectivity index (χ2n) is 8.71. The van der Waals surface area contributed by atoms with Gasteiger partial charge in [-0.05, 0) is 31.2 Å². The molecule has 3 aromatic rings. The normalized spacial score (nSPS) is 11.5. The number of rotatable bonds is 19. The molecule has 0 fully saturated rings. The molecule has 246 valence electrons. The summed E-state index contributed by atoms with van der Waals surface area (Å²) in [6.07, 6.45) is -0.568. The van der Waals surface area contributed by atoms with E-state index in [1.54, 1.807) is 31.2 Å². The van der Waals surface area contributed by atoms with E-state index in [4.69, 9.17) is 28.2 Å². The molecule has 0 bridgehead atoms. The smallest absolute Gasteiger partial charge is 0.313 e. The Bertz CT molecular complexity index is 1490. The van der Waals surface area contributed by atoms with E-state index < -0.39 is 56.4 Å². The first-order chi connectivity index (χ1) is 21.5. The van der Waals surface area contributed by atoms with Crippen molar-refractivity contribution in [2.24, 2.45) is 0 Å². The van der Waals surface area contributed by atoms with Gasteiger partial charge in [0, 0.05) is 5.56 Å². The summed E-state index contributed by atoms with van der Waals surface area (Å²) in [6, 6.07) is 7.15. The lowest BCUT2D eigenvalue weighted by molar-refractivity contribution is -0.136. The van der Waals surface area contributed by atoms with E-state index in [2.05, 4.69) is 25.1 Å². The molecule has 0 aliphatic carbocycles. The molecule has 3 rings (SSSR count). The second kappa shape index (κ2) is 17.6. The molecule has 0 saturated heterocycles. The first kappa shape index (κ1) is 35.6. The molecule has 0 aliphatic heterocycles. The van der Waals surface area contributed by atoms with Crippen LogP contribution in [-0.4, -0.2) is 98.8 Å². The Labute approximate surface area is 254 Å². The van der Waals surface area contributed by atoms with E-state index in [1.807, 2.05) is 0 Å². The zero-order valence-electron chi connectivity index (χ0n) is 23.7. The number of aromatic nitrogens is 4. The molecular weight excluding hydrogens is 636 g/mol. The number of hydrogen-bond acceptors (Lipinski definition) is 13. The Balaban J connectivity index is 1.16. The molecule has 0 atom stereocenters. The molecule has 0 saturated carbocycles. The highest BCUT2D eigenvalue weighted by atomic mass is 32.2. The molecule has 0 unspecified atom stereocenters. The van der Waals surface area contributed by atoms with E-state index in [0.717, 1.165) is 5.56 Å². The van der Waals surface area contributed by atoms with Crippen LogP contribution in [0.15, 0.2) is 29.2 Å². The molecule has 1 aromatic heterocycles. The van der Waals surface area contributed by atoms with Crippen molar-refractivity contribution in [3.05, 3.63) is 53.4 Å². The first-order valence-electron chi connectivity index (χ1n) is 13.1. The molecule has 14 nitrogen and oxygen atoms in total. The van der Waals surface area contributed by atoms with Gasteiger partial charge in [0.05, 0.1) is 59.3 Å². The third-order valence-corrected chi connectivity index (χ3v) is 6.29. The van der Waals surface area contributed by atoms with Crippen molar-refractivity contribution in [3.8, 4) is 22.9 Å². The van der Waals surface area contributed by atoms with Crippen molar-refractivity contribution in [1.82, 2.24) is 20.4 Å². The molecular formula is C26H28F4N4O10S. The molecule has 2 aromatic carbocycles. The van der Waals surface area contributed by atoms with Gasteiger partial charge in [0.15, 0.2) is 22.4 Å². The number of hydrogen-bond donors (Lipinski definition) is 1. The van der Waals surface area contributed by atoms with E-state index in [1.165, 1.54) is 0 Å². The van der Waals surface area contributed by atoms with Crippen LogP contribution in [0.3, 0.4) is 0 Å². The molecule has 45 heavy (non-hydrogen) atoms. The van der Waals surface area contributed by atoms with Crippen LogP contribution in [0.2, 0.25) is 0 Å². The number of halogens is 4. The van der Waals surface area contributed by atoms with Crippen molar-refractivity contribution >= 4 is 16.1 Å². The number of carbonyl (C=O) groups is 1. The van der Waals surface area contributed by atoms with Gasteiger partial charge >= 0.3 is 16.1 Å². The fourth-order valence-electron chi connectivity index (χ4n) is 3.30. The SMILES string of the molecule is Cc1nnc(-c2ccc(OCCOCCOCCOCCOCCC(=O)Oc3c(F)c(F)c(S(=O)(=O)O)c(F)c3F)cc2)nn1. The Morgan fingerprint density at radius 1 is 0.711 bits per heavy atom. The van der Waals surface area contributed by atoms with Crippen molar-refractivity contribution in [2.45, 2.75) is 18.2 Å². The van der Waals surface area contributed by atoms with Gasteiger partial charge in [-0.3, -0.25) is 9.35 Å². The predicted octanol–water partition coefficient (Wildman–Crippen LogP) is 2.49. The average molecular weight is 665 g/mol. The van der Waals surface area contributed by atoms with Crippen molar-refractivity contribution in [2.75, 3.05) is 59.5 Å². The largest absolute Gasteiger partial charge is 0.491 e. The minimum Gasteiger partial charge on any atom is -0.491 e. The number of carbonyl (C=O) groups excluding carboxylic acids is 1. The lowest BCUT2D eigenvalue weighted by atomic mass is 10.2. The minimum absolute atomic E-state index is 0.0301. The monoisotopic (exact) mass is 664 g/mol. The number of aryl methyl sites for hydroxylation is 1. The summed E-state index contributed by atoms with van der Waals surface area (Å²) in [4.78, 5) is 9.50. The maximum Gasteiger partial charge on any atom is 0.313 e. The van der Waals surface area contributed by atoms with Gasteiger partial charge in [0.25, 0.3) is 0 Å². The summed E-state index contributed by atoms with van der Waals surface area (Å²) >= 11 is 0. The molecule has 0 spiro atoms. The lowest BCUT2D eigenvalue weighted by Crippen LogP contribution is -2.17. The van der Waals surface area contributed by atoms with E-state index in [0.29, 0.717) is 43.8 Å². The molecule has 0 aliphatic rings. The molecule has 19 heteroatoms. The van der Waals surface area contributed by atoms with Crippen molar-refractivity contribution in [1.29, 1.82) is 0 Å². The first-order valence-corrected chi connectivity index (χ1v) is 14.5. The summed E-state index contributed by atoms with van der Waals surface area (Å²) < 4.78 is 117. The highest BCUT2D eigenvalue weighted by Gasteiger charge is 2.34. The fourth-order valence-corrected chi connectivity index (χ4v) is 3.94. The summed E-state index contributed by atoms with van der Waals surface area (Å²) in [5.41, 5.74) is 0.759. The summed E-state index contributed by atoms with van der Waals surface area (Å²) in [7, 11) is -5.63. The summed E-state index contributed by atoms with van der Waals surface area (Å²) in [5.74, 6) is -11.1. The van der Waals surface area contributed by atoms with Gasteiger partial charge < -0.3 is 28.4 Å². The van der Waals surface area contributed by atoms with Crippen molar-refractivity contribution < 1.29 is 63.7 Å². The Kier molecular flexibility index (Phi) is 13.9. The zero-order valence-corrected chi connectivity index (χ0v) is 24.5. The Morgan fingerprint density at radius 2 is 1.18 bits per heavy atom. The van der Waals surface area contributed by atoms with Gasteiger partial charge in [-0.2, -0.15) is 17.2 Å². The van der Waals surface area contributed by atoms with Gasteiger partial charge in [-0.25, -0.2) is 8.78 Å². The van der Waals surface area contributed by atoms with E-state index >= 15 is 0 Å². The summed E-state index contributed by atoms with van der Waals surface area (Å²) in [6.45, 7) is 3.41. The number of ether oxygens (including phenoxy) is 6. The molecule has 0 radical (unpaired) electrons. The Hall–Kier alpha value is -3.88. The predicted molar refractivity (Wildman–Crippen MR) is 143 cm³/mol. The molecule has 1 N–H and O–H groups in total. The van der Waals surface area contributed by atoms with Crippen LogP contribution in [0.25, 0.3) is 11.4 Å². The zero-order chi connectivity index (χ0) is 32.8. The highest BCUT2D eigenvalue weighted by molar-refractivity contribution is 7.85. The third kappa shape index (κ3) is 11.2. The minimum atomic E-state index is -5.63. The number of nitrogens with zero attached hydrogens (tertiary/aromatic N) is 4. The van der Waals surface area contributed by atoms with Gasteiger partial charge in [0.2, 0.25) is 23.2 Å². The second-order valence-corrected chi connectivity index (χ2v) is 10.1. The molecule has 1 heterocycles. The van der Waals surface area contributed by atoms with Crippen LogP contribution in [0.5, 0.6) is 11.5 Å². The fraction of sp³-hybridized carbons (Fsp3) is 0.423. The molecule has 0 amide bonds. The summed E-state index contributed by atoms with van der Waals surface area (Å²) in [5, 5.41) is 15.7. The van der Waals surface area contributed by atoms with Crippen LogP contribution in [0.4, 0.5) is 17.6 Å². The quantitative estimate of drug-likeness (QED) is 0.0493. The van der Waals surface area contributed by atoms with Crippen LogP contribution in [0, 0.1) is 30.2 Å². The van der Waals surface area contributed by atoms with Gasteiger partial charge in [-0.1, -0.05) is 0 Å². The third-order valence-electron chi connectivity index (χ3n) is 5.41. The van der Waals surface area contributed by atoms with Crippen LogP contribution < -0.4 is 9.47 Å². The van der Waals surface area contributed by atoms with E-state index in [-0.39, 0.29) is 33.0 Å². The maximum atomic E-state index is 13.9. The standard InChI is InChI=1S/C26H28F4N4O10S/c1-16-31-33-26(34-32-16)17-2-4-18(5-3-17)43-15-14-42-13-12-41-11-10-40-9-8-39-7-6-19(35)44-24-20(27)22(29)25(45(36,37)38)23(30)21(24)28/h2-5H,6-15H2,1H3,(H,36,37,38). The lowest BCUT2D eigenvalue weighted by Gasteiger charge is -2.11. The van der Waals surface area contributed by atoms with E-state index in [9.17, 15) is 30.8 Å². The van der Waals surface area contributed by atoms with Crippen LogP contribution >= 0.6 is 0 Å². The number of benzene rings is 2. The topological polar surface area (TPSA) is 178 Å². The van der Waals surface area contributed by atoms with Crippen LogP contribution in [0.1, 0.15) is 12.2 Å². The van der Waals surface area contributed by atoms with Gasteiger partial charge in [-0.15, -0.1) is 20.4 Å². The average Bonchev–Trinajstić information content (AvgIpc) is 3.00. The maximum absolute atomic E-state index is 13.9. The van der Waals surface area contributed by atoms with Crippen LogP contribution in [-0.2, 0) is 33.9 Å². The van der Waals surface area contributed by atoms with Crippen molar-refractivity contribution in [3.63, 3.8) is 0 Å². The number of esters is 1. The highest BCUT2D eigenvalue weighted by Crippen LogP contribution is 2.32. The Morgan fingerprint density at radius 3 is 1.67 bits per heavy atom.